The van der Waals surface area contributed by atoms with E-state index in [9.17, 15) is 18.0 Å². The zero-order valence-corrected chi connectivity index (χ0v) is 10.7. The third-order valence-electron chi connectivity index (χ3n) is 2.32. The molecule has 0 radical (unpaired) electrons. The molecule has 0 bridgehead atoms. The Morgan fingerprint density at radius 1 is 1.42 bits per heavy atom. The quantitative estimate of drug-likeness (QED) is 0.830. The minimum absolute atomic E-state index is 0.00141. The van der Waals surface area contributed by atoms with Gasteiger partial charge < -0.3 is 14.8 Å². The lowest BCUT2D eigenvalue weighted by Crippen LogP contribution is -2.17. The molecule has 0 aliphatic heterocycles. The maximum absolute atomic E-state index is 12.1. The van der Waals surface area contributed by atoms with Crippen molar-refractivity contribution in [1.82, 2.24) is 9.55 Å². The molecule has 0 aromatic carbocycles. The van der Waals surface area contributed by atoms with Crippen LogP contribution in [0, 0.1) is 0 Å². The van der Waals surface area contributed by atoms with E-state index in [0.29, 0.717) is 0 Å². The van der Waals surface area contributed by atoms with E-state index in [4.69, 9.17) is 4.74 Å². The number of nitrogens with zero attached hydrogens (tertiary/aromatic N) is 2. The minimum Gasteiger partial charge on any atom is -0.468 e. The molecule has 0 aliphatic carbocycles. The number of rotatable bonds is 5. The molecule has 6 nitrogen and oxygen atoms in total. The highest BCUT2D eigenvalue weighted by Crippen LogP contribution is 2.23. The predicted molar refractivity (Wildman–Crippen MR) is 60.3 cm³/mol. The van der Waals surface area contributed by atoms with Gasteiger partial charge in [0.15, 0.2) is 11.5 Å². The van der Waals surface area contributed by atoms with Crippen LogP contribution in [0.15, 0.2) is 0 Å². The lowest BCUT2D eigenvalue weighted by Gasteiger charge is -2.08. The smallest absolute Gasteiger partial charge is 0.390 e. The van der Waals surface area contributed by atoms with Gasteiger partial charge in [-0.2, -0.15) is 18.2 Å². The highest BCUT2D eigenvalue weighted by Gasteiger charge is 2.28. The Kier molecular flexibility index (Phi) is 4.62. The van der Waals surface area contributed by atoms with Gasteiger partial charge in [0, 0.05) is 13.6 Å². The largest absolute Gasteiger partial charge is 0.468 e. The highest BCUT2D eigenvalue weighted by molar-refractivity contribution is 5.93. The standard InChI is InChI=1S/C10H14F3N3O3/c1-16-6(8(17)18-2)7(15-9(16)19-3)14-5-4-10(11,12)13/h14H,4-5H2,1-3H3. The Bertz CT molecular complexity index is 457. The Morgan fingerprint density at radius 3 is 2.53 bits per heavy atom. The molecule has 0 amide bonds. The zero-order chi connectivity index (χ0) is 14.6. The van der Waals surface area contributed by atoms with Crippen LogP contribution >= 0.6 is 0 Å². The predicted octanol–water partition coefficient (Wildman–Crippen LogP) is 1.58. The van der Waals surface area contributed by atoms with E-state index in [1.807, 2.05) is 0 Å². The van der Waals surface area contributed by atoms with Gasteiger partial charge in [-0.15, -0.1) is 0 Å². The average molecular weight is 281 g/mol. The maximum Gasteiger partial charge on any atom is 0.390 e. The molecule has 1 heterocycles. The molecule has 1 rings (SSSR count). The van der Waals surface area contributed by atoms with E-state index in [-0.39, 0.29) is 17.5 Å². The summed E-state index contributed by atoms with van der Waals surface area (Å²) in [6, 6.07) is 0.0925. The maximum atomic E-state index is 12.1. The summed E-state index contributed by atoms with van der Waals surface area (Å²) in [5.74, 6) is -0.719. The van der Waals surface area contributed by atoms with Crippen LogP contribution in [0.3, 0.4) is 0 Å². The van der Waals surface area contributed by atoms with Gasteiger partial charge in [0.05, 0.1) is 20.6 Å². The monoisotopic (exact) mass is 281 g/mol. The van der Waals surface area contributed by atoms with Gasteiger partial charge in [-0.1, -0.05) is 0 Å². The van der Waals surface area contributed by atoms with E-state index >= 15 is 0 Å². The Balaban J connectivity index is 2.90. The van der Waals surface area contributed by atoms with Gasteiger partial charge in [0.1, 0.15) is 0 Å². The van der Waals surface area contributed by atoms with Gasteiger partial charge in [0.25, 0.3) is 6.01 Å². The first kappa shape index (κ1) is 15.1. The van der Waals surface area contributed by atoms with Crippen LogP contribution in [-0.4, -0.2) is 42.5 Å². The average Bonchev–Trinajstić information content (AvgIpc) is 2.63. The number of carbonyl (C=O) groups excluding carboxylic acids is 1. The third-order valence-corrected chi connectivity index (χ3v) is 2.32. The van der Waals surface area contributed by atoms with Crippen molar-refractivity contribution in [3.8, 4) is 6.01 Å². The summed E-state index contributed by atoms with van der Waals surface area (Å²) < 4.78 is 46.9. The van der Waals surface area contributed by atoms with Crippen molar-refractivity contribution in [2.24, 2.45) is 7.05 Å². The summed E-state index contributed by atoms with van der Waals surface area (Å²) >= 11 is 0. The molecule has 9 heteroatoms. The molecule has 0 saturated heterocycles. The van der Waals surface area contributed by atoms with Crippen LogP contribution < -0.4 is 10.1 Å². The summed E-state index contributed by atoms with van der Waals surface area (Å²) in [6.45, 7) is -0.395. The summed E-state index contributed by atoms with van der Waals surface area (Å²) in [4.78, 5) is 15.4. The van der Waals surface area contributed by atoms with Crippen molar-refractivity contribution in [2.45, 2.75) is 12.6 Å². The second kappa shape index (κ2) is 5.81. The van der Waals surface area contributed by atoms with Gasteiger partial charge in [0.2, 0.25) is 0 Å². The van der Waals surface area contributed by atoms with E-state index < -0.39 is 25.1 Å². The molecule has 1 aromatic rings. The molecule has 19 heavy (non-hydrogen) atoms. The topological polar surface area (TPSA) is 65.4 Å². The fourth-order valence-corrected chi connectivity index (χ4v) is 1.44. The fraction of sp³-hybridized carbons (Fsp3) is 0.600. The molecule has 0 aliphatic rings. The Hall–Kier alpha value is -1.93. The van der Waals surface area contributed by atoms with Crippen LogP contribution in [0.1, 0.15) is 16.9 Å². The van der Waals surface area contributed by atoms with Crippen LogP contribution in [0.2, 0.25) is 0 Å². The highest BCUT2D eigenvalue weighted by atomic mass is 19.4. The number of alkyl halides is 3. The first-order valence-electron chi connectivity index (χ1n) is 5.29. The molecular formula is C10H14F3N3O3. The number of carbonyl (C=O) groups is 1. The first-order valence-corrected chi connectivity index (χ1v) is 5.29. The van der Waals surface area contributed by atoms with Crippen molar-refractivity contribution in [1.29, 1.82) is 0 Å². The number of hydrogen-bond acceptors (Lipinski definition) is 5. The Labute approximate surface area is 107 Å². The van der Waals surface area contributed by atoms with Gasteiger partial charge in [-0.25, -0.2) is 4.79 Å². The lowest BCUT2D eigenvalue weighted by molar-refractivity contribution is -0.131. The second-order valence-corrected chi connectivity index (χ2v) is 3.64. The third kappa shape index (κ3) is 3.76. The molecule has 108 valence electrons. The summed E-state index contributed by atoms with van der Waals surface area (Å²) in [7, 11) is 4.00. The molecule has 0 saturated carbocycles. The minimum atomic E-state index is -4.28. The summed E-state index contributed by atoms with van der Waals surface area (Å²) in [5, 5.41) is 2.45. The number of hydrogen-bond donors (Lipinski definition) is 1. The van der Waals surface area contributed by atoms with Gasteiger partial charge in [-0.3, -0.25) is 4.57 Å². The number of ether oxygens (including phenoxy) is 2. The second-order valence-electron chi connectivity index (χ2n) is 3.64. The number of methoxy groups -OCH3 is 2. The van der Waals surface area contributed by atoms with E-state index in [1.54, 1.807) is 0 Å². The summed E-state index contributed by atoms with van der Waals surface area (Å²) in [5.41, 5.74) is 0.00141. The van der Waals surface area contributed by atoms with Crippen LogP contribution in [-0.2, 0) is 11.8 Å². The van der Waals surface area contributed by atoms with E-state index in [0.717, 1.165) is 0 Å². The van der Waals surface area contributed by atoms with Crippen molar-refractivity contribution >= 4 is 11.8 Å². The zero-order valence-electron chi connectivity index (χ0n) is 10.7. The van der Waals surface area contributed by atoms with Crippen molar-refractivity contribution in [3.05, 3.63) is 5.69 Å². The number of halogens is 3. The van der Waals surface area contributed by atoms with E-state index in [2.05, 4.69) is 15.0 Å². The van der Waals surface area contributed by atoms with Crippen molar-refractivity contribution < 1.29 is 27.4 Å². The number of aromatic nitrogens is 2. The van der Waals surface area contributed by atoms with Crippen LogP contribution in [0.25, 0.3) is 0 Å². The normalized spacial score (nSPS) is 11.3. The van der Waals surface area contributed by atoms with Crippen LogP contribution in [0.5, 0.6) is 6.01 Å². The Morgan fingerprint density at radius 2 is 2.05 bits per heavy atom. The van der Waals surface area contributed by atoms with Crippen molar-refractivity contribution in [2.75, 3.05) is 26.1 Å². The van der Waals surface area contributed by atoms with Crippen molar-refractivity contribution in [3.63, 3.8) is 0 Å². The molecule has 0 unspecified atom stereocenters. The number of nitrogens with one attached hydrogen (secondary N) is 1. The molecule has 1 N–H and O–H groups in total. The van der Waals surface area contributed by atoms with E-state index in [1.165, 1.54) is 25.8 Å². The summed E-state index contributed by atoms with van der Waals surface area (Å²) in [6.07, 6.45) is -5.32. The molecule has 0 fully saturated rings. The molecule has 1 aromatic heterocycles. The van der Waals surface area contributed by atoms with Gasteiger partial charge >= 0.3 is 12.1 Å². The molecule has 0 atom stereocenters. The molecular weight excluding hydrogens is 267 g/mol. The first-order chi connectivity index (χ1) is 8.80. The SMILES string of the molecule is COC(=O)c1c(NCCC(F)(F)F)nc(OC)n1C. The molecule has 0 spiro atoms. The number of esters is 1. The number of imidazole rings is 1. The van der Waals surface area contributed by atoms with Crippen LogP contribution in [0.4, 0.5) is 19.0 Å². The van der Waals surface area contributed by atoms with Gasteiger partial charge in [-0.05, 0) is 0 Å². The fourth-order valence-electron chi connectivity index (χ4n) is 1.44. The lowest BCUT2D eigenvalue weighted by atomic mass is 10.4. The number of anilines is 1.